The average Bonchev–Trinajstić information content (AvgIpc) is 2.30. The van der Waals surface area contributed by atoms with Crippen molar-refractivity contribution in [3.05, 3.63) is 12.7 Å². The van der Waals surface area contributed by atoms with Crippen molar-refractivity contribution in [1.82, 2.24) is 10.2 Å². The molecule has 0 aromatic carbocycles. The van der Waals surface area contributed by atoms with Gasteiger partial charge in [0.1, 0.15) is 11.6 Å². The molecule has 0 aromatic rings. The molecule has 102 valence electrons. The van der Waals surface area contributed by atoms with Crippen LogP contribution in [-0.4, -0.2) is 34.8 Å². The molecule has 0 aromatic heterocycles. The largest absolute Gasteiger partial charge is 0.340 e. The summed E-state index contributed by atoms with van der Waals surface area (Å²) in [4.78, 5) is 26.3. The smallest absolute Gasteiger partial charge is 0.248 e. The highest BCUT2D eigenvalue weighted by molar-refractivity contribution is 5.99. The van der Waals surface area contributed by atoms with Gasteiger partial charge in [0, 0.05) is 6.54 Å². The Morgan fingerprint density at radius 2 is 2.11 bits per heavy atom. The summed E-state index contributed by atoms with van der Waals surface area (Å²) in [5.41, 5.74) is -0.770. The van der Waals surface area contributed by atoms with Crippen LogP contribution in [0.1, 0.15) is 40.5 Å². The number of nitrogens with zero attached hydrogens (tertiary/aromatic N) is 1. The van der Waals surface area contributed by atoms with Gasteiger partial charge in [-0.1, -0.05) is 26.8 Å². The van der Waals surface area contributed by atoms with Crippen LogP contribution in [0.2, 0.25) is 0 Å². The third-order valence-corrected chi connectivity index (χ3v) is 3.54. The first-order valence-electron chi connectivity index (χ1n) is 6.59. The molecule has 1 fully saturated rings. The Morgan fingerprint density at radius 1 is 1.50 bits per heavy atom. The van der Waals surface area contributed by atoms with Crippen molar-refractivity contribution in [2.45, 2.75) is 52.1 Å². The van der Waals surface area contributed by atoms with Gasteiger partial charge in [0.15, 0.2) is 0 Å². The molecule has 1 aliphatic rings. The van der Waals surface area contributed by atoms with Crippen LogP contribution in [0.3, 0.4) is 0 Å². The van der Waals surface area contributed by atoms with Crippen molar-refractivity contribution in [2.75, 3.05) is 6.54 Å². The maximum absolute atomic E-state index is 12.5. The highest BCUT2D eigenvalue weighted by atomic mass is 16.2. The number of rotatable bonds is 5. The lowest BCUT2D eigenvalue weighted by molar-refractivity contribution is -0.154. The van der Waals surface area contributed by atoms with Crippen molar-refractivity contribution in [2.24, 2.45) is 5.92 Å². The molecule has 0 bridgehead atoms. The van der Waals surface area contributed by atoms with Crippen LogP contribution in [0.15, 0.2) is 12.7 Å². The van der Waals surface area contributed by atoms with Crippen molar-refractivity contribution in [1.29, 1.82) is 0 Å². The molecular formula is C14H24N2O2. The molecule has 0 saturated carbocycles. The fraction of sp³-hybridized carbons (Fsp3) is 0.714. The lowest BCUT2D eigenvalue weighted by atomic mass is 9.89. The minimum atomic E-state index is -0.770. The molecule has 2 atom stereocenters. The molecule has 18 heavy (non-hydrogen) atoms. The van der Waals surface area contributed by atoms with Crippen LogP contribution >= 0.6 is 0 Å². The van der Waals surface area contributed by atoms with Gasteiger partial charge >= 0.3 is 0 Å². The zero-order chi connectivity index (χ0) is 13.9. The number of piperazine rings is 1. The molecule has 1 aliphatic heterocycles. The van der Waals surface area contributed by atoms with Crippen LogP contribution in [-0.2, 0) is 9.59 Å². The van der Waals surface area contributed by atoms with Gasteiger partial charge in [0.05, 0.1) is 0 Å². The summed E-state index contributed by atoms with van der Waals surface area (Å²) in [5.74, 6) is 0.316. The van der Waals surface area contributed by atoms with Gasteiger partial charge in [-0.25, -0.2) is 0 Å². The first-order valence-corrected chi connectivity index (χ1v) is 6.59. The Kier molecular flexibility index (Phi) is 4.54. The first kappa shape index (κ1) is 14.7. The Balaban J connectivity index is 3.02. The summed E-state index contributed by atoms with van der Waals surface area (Å²) in [6.45, 7) is 11.9. The van der Waals surface area contributed by atoms with Crippen LogP contribution < -0.4 is 5.32 Å². The zero-order valence-electron chi connectivity index (χ0n) is 11.8. The summed E-state index contributed by atoms with van der Waals surface area (Å²) < 4.78 is 0. The second-order valence-corrected chi connectivity index (χ2v) is 5.57. The SMILES string of the molecule is C=CCN1C(=O)C(C)(CC)NC(=O)C1CC(C)C. The van der Waals surface area contributed by atoms with E-state index >= 15 is 0 Å². The number of carbonyl (C=O) groups is 2. The van der Waals surface area contributed by atoms with Crippen molar-refractivity contribution in [3.63, 3.8) is 0 Å². The monoisotopic (exact) mass is 252 g/mol. The Bertz CT molecular complexity index is 352. The highest BCUT2D eigenvalue weighted by Gasteiger charge is 2.46. The van der Waals surface area contributed by atoms with Gasteiger partial charge < -0.3 is 10.2 Å². The van der Waals surface area contributed by atoms with E-state index in [1.165, 1.54) is 0 Å². The van der Waals surface area contributed by atoms with Crippen LogP contribution in [0.25, 0.3) is 0 Å². The van der Waals surface area contributed by atoms with Gasteiger partial charge in [-0.2, -0.15) is 0 Å². The molecule has 4 heteroatoms. The molecule has 1 heterocycles. The van der Waals surface area contributed by atoms with Gasteiger partial charge in [0.25, 0.3) is 0 Å². The van der Waals surface area contributed by atoms with Crippen LogP contribution in [0.4, 0.5) is 0 Å². The number of hydrogen-bond acceptors (Lipinski definition) is 2. The van der Waals surface area contributed by atoms with Gasteiger partial charge in [-0.15, -0.1) is 6.58 Å². The lowest BCUT2D eigenvalue weighted by Crippen LogP contribution is -2.69. The summed E-state index contributed by atoms with van der Waals surface area (Å²) in [6, 6.07) is -0.366. The third kappa shape index (κ3) is 2.74. The van der Waals surface area contributed by atoms with Gasteiger partial charge in [-0.3, -0.25) is 9.59 Å². The zero-order valence-corrected chi connectivity index (χ0v) is 11.8. The third-order valence-electron chi connectivity index (χ3n) is 3.54. The number of nitrogens with one attached hydrogen (secondary N) is 1. The van der Waals surface area contributed by atoms with E-state index < -0.39 is 5.54 Å². The predicted octanol–water partition coefficient (Wildman–Crippen LogP) is 1.71. The van der Waals surface area contributed by atoms with Gasteiger partial charge in [-0.05, 0) is 25.7 Å². The minimum absolute atomic E-state index is 0.00449. The van der Waals surface area contributed by atoms with E-state index in [9.17, 15) is 9.59 Å². The standard InChI is InChI=1S/C14H24N2O2/c1-6-8-16-11(9-10(3)4)12(17)15-14(5,7-2)13(16)18/h6,10-11H,1,7-9H2,2-5H3,(H,15,17). The molecular weight excluding hydrogens is 228 g/mol. The number of carbonyl (C=O) groups excluding carboxylic acids is 2. The Hall–Kier alpha value is -1.32. The van der Waals surface area contributed by atoms with E-state index in [1.807, 2.05) is 6.92 Å². The minimum Gasteiger partial charge on any atom is -0.340 e. The van der Waals surface area contributed by atoms with E-state index in [4.69, 9.17) is 0 Å². The second kappa shape index (κ2) is 5.55. The maximum Gasteiger partial charge on any atom is 0.248 e. The molecule has 2 amide bonds. The molecule has 1 saturated heterocycles. The molecule has 0 radical (unpaired) electrons. The molecule has 0 spiro atoms. The molecule has 1 N–H and O–H groups in total. The van der Waals surface area contributed by atoms with Crippen molar-refractivity contribution < 1.29 is 9.59 Å². The second-order valence-electron chi connectivity index (χ2n) is 5.57. The average molecular weight is 252 g/mol. The van der Waals surface area contributed by atoms with E-state index in [-0.39, 0.29) is 17.9 Å². The van der Waals surface area contributed by atoms with E-state index in [2.05, 4.69) is 25.7 Å². The molecule has 4 nitrogen and oxygen atoms in total. The Labute approximate surface area is 109 Å². The topological polar surface area (TPSA) is 49.4 Å². The predicted molar refractivity (Wildman–Crippen MR) is 72.0 cm³/mol. The van der Waals surface area contributed by atoms with Gasteiger partial charge in [0.2, 0.25) is 11.8 Å². The van der Waals surface area contributed by atoms with Crippen molar-refractivity contribution in [3.8, 4) is 0 Å². The lowest BCUT2D eigenvalue weighted by Gasteiger charge is -2.44. The maximum atomic E-state index is 12.5. The summed E-state index contributed by atoms with van der Waals surface area (Å²) in [7, 11) is 0. The van der Waals surface area contributed by atoms with Crippen LogP contribution in [0, 0.1) is 5.92 Å². The summed E-state index contributed by atoms with van der Waals surface area (Å²) in [6.07, 6.45) is 2.96. The first-order chi connectivity index (χ1) is 8.35. The fourth-order valence-electron chi connectivity index (χ4n) is 2.28. The fourth-order valence-corrected chi connectivity index (χ4v) is 2.28. The molecule has 2 unspecified atom stereocenters. The molecule has 0 aliphatic carbocycles. The summed E-state index contributed by atoms with van der Waals surface area (Å²) >= 11 is 0. The summed E-state index contributed by atoms with van der Waals surface area (Å²) in [5, 5.41) is 2.87. The van der Waals surface area contributed by atoms with E-state index in [1.54, 1.807) is 17.9 Å². The normalized spacial score (nSPS) is 28.5. The number of amides is 2. The highest BCUT2D eigenvalue weighted by Crippen LogP contribution is 2.24. The Morgan fingerprint density at radius 3 is 2.56 bits per heavy atom. The van der Waals surface area contributed by atoms with Crippen LogP contribution in [0.5, 0.6) is 0 Å². The van der Waals surface area contributed by atoms with Crippen molar-refractivity contribution >= 4 is 11.8 Å². The quantitative estimate of drug-likeness (QED) is 0.757. The van der Waals surface area contributed by atoms with E-state index in [0.29, 0.717) is 25.3 Å². The number of hydrogen-bond donors (Lipinski definition) is 1. The van der Waals surface area contributed by atoms with E-state index in [0.717, 1.165) is 0 Å². The molecule has 1 rings (SSSR count).